The highest BCUT2D eigenvalue weighted by Gasteiger charge is 2.09. The Morgan fingerprint density at radius 2 is 2.07 bits per heavy atom. The first kappa shape index (κ1) is 14.4. The fourth-order valence-corrected chi connectivity index (χ4v) is 1.31. The van der Waals surface area contributed by atoms with E-state index < -0.39 is 0 Å². The minimum absolute atomic E-state index is 0.169. The third kappa shape index (κ3) is 7.33. The fourth-order valence-electron chi connectivity index (χ4n) is 1.31. The van der Waals surface area contributed by atoms with Gasteiger partial charge in [0.25, 0.3) is 0 Å². The molecule has 0 saturated carbocycles. The summed E-state index contributed by atoms with van der Waals surface area (Å²) < 4.78 is 5.28. The third-order valence-corrected chi connectivity index (χ3v) is 2.18. The van der Waals surface area contributed by atoms with Crippen molar-refractivity contribution in [3.05, 3.63) is 0 Å². The van der Waals surface area contributed by atoms with Crippen LogP contribution in [0.2, 0.25) is 0 Å². The Labute approximate surface area is 92.8 Å². The van der Waals surface area contributed by atoms with Crippen LogP contribution in [-0.2, 0) is 9.53 Å². The van der Waals surface area contributed by atoms with Crippen LogP contribution in [0.5, 0.6) is 0 Å². The van der Waals surface area contributed by atoms with Gasteiger partial charge >= 0.3 is 0 Å². The predicted octanol–water partition coefficient (Wildman–Crippen LogP) is 1.00. The molecular weight excluding hydrogens is 192 g/mol. The van der Waals surface area contributed by atoms with Gasteiger partial charge in [-0.1, -0.05) is 6.92 Å². The molecule has 0 aromatic heterocycles. The van der Waals surface area contributed by atoms with Crippen molar-refractivity contribution in [3.8, 4) is 0 Å². The number of amides is 1. The zero-order valence-electron chi connectivity index (χ0n) is 10.00. The molecule has 0 aliphatic carbocycles. The Morgan fingerprint density at radius 3 is 2.60 bits per heavy atom. The van der Waals surface area contributed by atoms with Gasteiger partial charge in [-0.25, -0.2) is 0 Å². The number of carbonyl (C=O) groups excluding carboxylic acids is 1. The molecule has 0 aliphatic rings. The minimum Gasteiger partial charge on any atom is -0.381 e. The second-order valence-corrected chi connectivity index (χ2v) is 3.48. The number of ether oxygens (including phenoxy) is 1. The van der Waals surface area contributed by atoms with Crippen LogP contribution in [0, 0.1) is 0 Å². The minimum atomic E-state index is 0.169. The highest BCUT2D eigenvalue weighted by molar-refractivity contribution is 5.76. The molecule has 0 aromatic carbocycles. The lowest BCUT2D eigenvalue weighted by Gasteiger charge is -2.20. The number of carbonyl (C=O) groups is 1. The molecule has 0 aliphatic heterocycles. The van der Waals surface area contributed by atoms with Crippen LogP contribution in [-0.4, -0.2) is 43.7 Å². The van der Waals surface area contributed by atoms with E-state index in [9.17, 15) is 4.79 Å². The molecular formula is C11H24N2O2. The van der Waals surface area contributed by atoms with E-state index in [1.165, 1.54) is 0 Å². The van der Waals surface area contributed by atoms with Crippen molar-refractivity contribution in [2.75, 3.05) is 32.8 Å². The number of nitrogens with two attached hydrogens (primary N) is 1. The van der Waals surface area contributed by atoms with Gasteiger partial charge in [0.1, 0.15) is 0 Å². The Hall–Kier alpha value is -0.610. The van der Waals surface area contributed by atoms with Crippen molar-refractivity contribution in [1.82, 2.24) is 4.90 Å². The molecule has 0 saturated heterocycles. The van der Waals surface area contributed by atoms with E-state index in [1.807, 2.05) is 11.8 Å². The van der Waals surface area contributed by atoms with Gasteiger partial charge in [0.15, 0.2) is 0 Å². The van der Waals surface area contributed by atoms with E-state index in [1.54, 1.807) is 0 Å². The maximum absolute atomic E-state index is 11.6. The predicted molar refractivity (Wildman–Crippen MR) is 61.7 cm³/mol. The molecule has 15 heavy (non-hydrogen) atoms. The van der Waals surface area contributed by atoms with Crippen LogP contribution in [0.25, 0.3) is 0 Å². The molecule has 4 nitrogen and oxygen atoms in total. The van der Waals surface area contributed by atoms with Crippen molar-refractivity contribution >= 4 is 5.91 Å². The van der Waals surface area contributed by atoms with Crippen LogP contribution < -0.4 is 5.73 Å². The van der Waals surface area contributed by atoms with Crippen LogP contribution in [0.4, 0.5) is 0 Å². The fraction of sp³-hybridized carbons (Fsp3) is 0.909. The van der Waals surface area contributed by atoms with Crippen LogP contribution >= 0.6 is 0 Å². The largest absolute Gasteiger partial charge is 0.381 e. The molecule has 4 heteroatoms. The molecule has 0 radical (unpaired) electrons. The Bertz CT molecular complexity index is 163. The van der Waals surface area contributed by atoms with E-state index in [0.717, 1.165) is 32.5 Å². The quantitative estimate of drug-likeness (QED) is 0.585. The summed E-state index contributed by atoms with van der Waals surface area (Å²) in [6, 6.07) is 0. The summed E-state index contributed by atoms with van der Waals surface area (Å²) in [7, 11) is 0. The van der Waals surface area contributed by atoms with Crippen molar-refractivity contribution in [3.63, 3.8) is 0 Å². The molecule has 0 fully saturated rings. The molecule has 0 aromatic rings. The molecule has 0 heterocycles. The maximum Gasteiger partial charge on any atom is 0.224 e. The highest BCUT2D eigenvalue weighted by atomic mass is 16.5. The van der Waals surface area contributed by atoms with Crippen molar-refractivity contribution < 1.29 is 9.53 Å². The van der Waals surface area contributed by atoms with E-state index in [0.29, 0.717) is 19.6 Å². The lowest BCUT2D eigenvalue weighted by molar-refractivity contribution is -0.132. The summed E-state index contributed by atoms with van der Waals surface area (Å²) in [6.07, 6.45) is 2.35. The Balaban J connectivity index is 3.63. The zero-order chi connectivity index (χ0) is 11.5. The monoisotopic (exact) mass is 216 g/mol. The van der Waals surface area contributed by atoms with Crippen molar-refractivity contribution in [1.29, 1.82) is 0 Å². The normalized spacial score (nSPS) is 10.3. The second-order valence-electron chi connectivity index (χ2n) is 3.48. The van der Waals surface area contributed by atoms with Gasteiger partial charge in [-0.2, -0.15) is 0 Å². The lowest BCUT2D eigenvalue weighted by atomic mass is 10.3. The number of rotatable bonds is 9. The van der Waals surface area contributed by atoms with Crippen LogP contribution in [0.15, 0.2) is 0 Å². The molecule has 2 N–H and O–H groups in total. The van der Waals surface area contributed by atoms with Gasteiger partial charge < -0.3 is 15.4 Å². The van der Waals surface area contributed by atoms with Crippen LogP contribution in [0.3, 0.4) is 0 Å². The molecule has 0 bridgehead atoms. The third-order valence-electron chi connectivity index (χ3n) is 2.18. The van der Waals surface area contributed by atoms with E-state index in [4.69, 9.17) is 10.5 Å². The summed E-state index contributed by atoms with van der Waals surface area (Å²) in [5.74, 6) is 0.169. The van der Waals surface area contributed by atoms with E-state index >= 15 is 0 Å². The Kier molecular flexibility index (Phi) is 9.52. The average Bonchev–Trinajstić information content (AvgIpc) is 2.25. The summed E-state index contributed by atoms with van der Waals surface area (Å²) in [4.78, 5) is 13.5. The Morgan fingerprint density at radius 1 is 1.33 bits per heavy atom. The zero-order valence-corrected chi connectivity index (χ0v) is 10.00. The molecule has 0 atom stereocenters. The lowest BCUT2D eigenvalue weighted by Crippen LogP contribution is -2.33. The first-order chi connectivity index (χ1) is 7.26. The van der Waals surface area contributed by atoms with Gasteiger partial charge in [0.2, 0.25) is 5.91 Å². The number of hydrogen-bond donors (Lipinski definition) is 1. The average molecular weight is 216 g/mol. The van der Waals surface area contributed by atoms with E-state index in [2.05, 4.69) is 6.92 Å². The highest BCUT2D eigenvalue weighted by Crippen LogP contribution is 1.97. The number of hydrogen-bond acceptors (Lipinski definition) is 3. The summed E-state index contributed by atoms with van der Waals surface area (Å²) in [6.45, 7) is 7.47. The standard InChI is InChI=1S/C11H24N2O2/c1-3-9-15-10-6-11(14)13(4-2)8-5-7-12/h3-10,12H2,1-2H3. The van der Waals surface area contributed by atoms with Gasteiger partial charge in [0.05, 0.1) is 13.0 Å². The maximum atomic E-state index is 11.6. The molecule has 1 amide bonds. The first-order valence-electron chi connectivity index (χ1n) is 5.81. The molecule has 0 spiro atoms. The van der Waals surface area contributed by atoms with Crippen molar-refractivity contribution in [2.45, 2.75) is 33.1 Å². The van der Waals surface area contributed by atoms with Gasteiger partial charge in [-0.3, -0.25) is 4.79 Å². The topological polar surface area (TPSA) is 55.6 Å². The number of nitrogens with zero attached hydrogens (tertiary/aromatic N) is 1. The summed E-state index contributed by atoms with van der Waals surface area (Å²) in [5, 5.41) is 0. The second kappa shape index (κ2) is 9.93. The SMILES string of the molecule is CCCOCCC(=O)N(CC)CCCN. The molecule has 0 unspecified atom stereocenters. The van der Waals surface area contributed by atoms with Gasteiger partial charge in [-0.05, 0) is 26.3 Å². The van der Waals surface area contributed by atoms with Crippen LogP contribution in [0.1, 0.15) is 33.1 Å². The van der Waals surface area contributed by atoms with Gasteiger partial charge in [-0.15, -0.1) is 0 Å². The first-order valence-corrected chi connectivity index (χ1v) is 5.81. The van der Waals surface area contributed by atoms with Gasteiger partial charge in [0, 0.05) is 19.7 Å². The smallest absolute Gasteiger partial charge is 0.224 e. The van der Waals surface area contributed by atoms with Crippen molar-refractivity contribution in [2.24, 2.45) is 5.73 Å². The van der Waals surface area contributed by atoms with E-state index in [-0.39, 0.29) is 5.91 Å². The molecule has 0 rings (SSSR count). The molecule has 90 valence electrons. The summed E-state index contributed by atoms with van der Waals surface area (Å²) in [5.41, 5.74) is 5.41. The summed E-state index contributed by atoms with van der Waals surface area (Å²) >= 11 is 0.